The summed E-state index contributed by atoms with van der Waals surface area (Å²) in [4.78, 5) is 19.9. The van der Waals surface area contributed by atoms with Crippen LogP contribution in [0.25, 0.3) is 16.6 Å². The van der Waals surface area contributed by atoms with E-state index in [1.165, 1.54) is 29.3 Å². The number of rotatable bonds is 5. The van der Waals surface area contributed by atoms with Gasteiger partial charge in [-0.05, 0) is 73.4 Å². The van der Waals surface area contributed by atoms with Crippen molar-refractivity contribution in [2.24, 2.45) is 0 Å². The Hall–Kier alpha value is -3.95. The van der Waals surface area contributed by atoms with Crippen molar-refractivity contribution in [3.63, 3.8) is 0 Å². The SMILES string of the molecule is O=c1n(Cc2ccnc3ccc(N4CCCCC4)cc23)cc(O)n1-c1ccc(OC(F)(F)F)cc1. The molecule has 2 aromatic heterocycles. The lowest BCUT2D eigenvalue weighted by Crippen LogP contribution is -2.29. The predicted octanol–water partition coefficient (Wildman–Crippen LogP) is 4.83. The van der Waals surface area contributed by atoms with Crippen LogP contribution in [0.15, 0.2) is 65.7 Å². The number of nitrogens with zero attached hydrogens (tertiary/aromatic N) is 4. The number of fused-ring (bicyclic) bond motifs is 1. The number of ether oxygens (including phenoxy) is 1. The van der Waals surface area contributed by atoms with Crippen LogP contribution in [0.2, 0.25) is 0 Å². The Morgan fingerprint density at radius 2 is 1.69 bits per heavy atom. The molecule has 1 saturated heterocycles. The first kappa shape index (κ1) is 22.8. The molecular formula is C25H23F3N4O3. The summed E-state index contributed by atoms with van der Waals surface area (Å²) in [6.45, 7) is 2.20. The number of aromatic nitrogens is 3. The van der Waals surface area contributed by atoms with E-state index in [-0.39, 0.29) is 18.1 Å². The zero-order valence-electron chi connectivity index (χ0n) is 18.7. The molecule has 0 saturated carbocycles. The van der Waals surface area contributed by atoms with Crippen molar-refractivity contribution in [3.05, 3.63) is 77.0 Å². The first-order chi connectivity index (χ1) is 16.8. The highest BCUT2D eigenvalue weighted by Gasteiger charge is 2.31. The number of imidazole rings is 1. The average molecular weight is 484 g/mol. The molecule has 0 spiro atoms. The number of aromatic hydroxyl groups is 1. The van der Waals surface area contributed by atoms with E-state index >= 15 is 0 Å². The first-order valence-corrected chi connectivity index (χ1v) is 11.3. The molecule has 1 N–H and O–H groups in total. The molecule has 0 bridgehead atoms. The van der Waals surface area contributed by atoms with Crippen LogP contribution >= 0.6 is 0 Å². The molecule has 10 heteroatoms. The molecule has 182 valence electrons. The molecule has 1 fully saturated rings. The van der Waals surface area contributed by atoms with Crippen molar-refractivity contribution in [2.75, 3.05) is 18.0 Å². The fourth-order valence-corrected chi connectivity index (χ4v) is 4.49. The zero-order valence-corrected chi connectivity index (χ0v) is 18.7. The van der Waals surface area contributed by atoms with Gasteiger partial charge in [-0.1, -0.05) is 0 Å². The van der Waals surface area contributed by atoms with Crippen molar-refractivity contribution in [1.29, 1.82) is 0 Å². The molecule has 7 nitrogen and oxygen atoms in total. The molecule has 2 aromatic carbocycles. The third-order valence-corrected chi connectivity index (χ3v) is 6.14. The van der Waals surface area contributed by atoms with Crippen molar-refractivity contribution in [1.82, 2.24) is 14.1 Å². The van der Waals surface area contributed by atoms with Gasteiger partial charge in [0.2, 0.25) is 5.88 Å². The maximum absolute atomic E-state index is 13.1. The van der Waals surface area contributed by atoms with Crippen molar-refractivity contribution in [2.45, 2.75) is 32.2 Å². The molecule has 3 heterocycles. The smallest absolute Gasteiger partial charge is 0.493 e. The minimum Gasteiger partial charge on any atom is -0.493 e. The second-order valence-corrected chi connectivity index (χ2v) is 8.49. The molecule has 0 atom stereocenters. The Morgan fingerprint density at radius 1 is 0.971 bits per heavy atom. The fraction of sp³-hybridized carbons (Fsp3) is 0.280. The number of piperidine rings is 1. The molecule has 35 heavy (non-hydrogen) atoms. The monoisotopic (exact) mass is 484 g/mol. The van der Waals surface area contributed by atoms with Crippen LogP contribution in [0.4, 0.5) is 18.9 Å². The quantitative estimate of drug-likeness (QED) is 0.439. The van der Waals surface area contributed by atoms with Crippen molar-refractivity contribution < 1.29 is 23.0 Å². The van der Waals surface area contributed by atoms with Gasteiger partial charge in [-0.3, -0.25) is 9.55 Å². The maximum atomic E-state index is 13.1. The normalized spacial score (nSPS) is 14.4. The largest absolute Gasteiger partial charge is 0.573 e. The third-order valence-electron chi connectivity index (χ3n) is 6.14. The highest BCUT2D eigenvalue weighted by molar-refractivity contribution is 5.85. The predicted molar refractivity (Wildman–Crippen MR) is 125 cm³/mol. The fourth-order valence-electron chi connectivity index (χ4n) is 4.49. The van der Waals surface area contributed by atoms with Crippen LogP contribution in [-0.4, -0.2) is 38.7 Å². The van der Waals surface area contributed by atoms with Gasteiger partial charge in [-0.25, -0.2) is 9.36 Å². The highest BCUT2D eigenvalue weighted by atomic mass is 19.4. The molecular weight excluding hydrogens is 461 g/mol. The van der Waals surface area contributed by atoms with E-state index in [0.29, 0.717) is 0 Å². The average Bonchev–Trinajstić information content (AvgIpc) is 3.12. The topological polar surface area (TPSA) is 72.5 Å². The van der Waals surface area contributed by atoms with Gasteiger partial charge in [0.15, 0.2) is 0 Å². The van der Waals surface area contributed by atoms with Crippen LogP contribution in [-0.2, 0) is 6.54 Å². The molecule has 4 aromatic rings. The molecule has 0 amide bonds. The summed E-state index contributed by atoms with van der Waals surface area (Å²) >= 11 is 0. The van der Waals surface area contributed by atoms with E-state index in [0.717, 1.165) is 64.8 Å². The molecule has 1 aliphatic rings. The zero-order chi connectivity index (χ0) is 24.6. The summed E-state index contributed by atoms with van der Waals surface area (Å²) < 4.78 is 43.5. The highest BCUT2D eigenvalue weighted by Crippen LogP contribution is 2.27. The number of benzene rings is 2. The summed E-state index contributed by atoms with van der Waals surface area (Å²) in [5.41, 5.74) is 2.47. The summed E-state index contributed by atoms with van der Waals surface area (Å²) in [6.07, 6.45) is 1.72. The van der Waals surface area contributed by atoms with Gasteiger partial charge in [-0.15, -0.1) is 13.2 Å². The molecule has 0 aliphatic carbocycles. The first-order valence-electron chi connectivity index (χ1n) is 11.3. The second-order valence-electron chi connectivity index (χ2n) is 8.49. The Bertz CT molecular complexity index is 1400. The van der Waals surface area contributed by atoms with Gasteiger partial charge in [-0.2, -0.15) is 0 Å². The number of hydrogen-bond donors (Lipinski definition) is 1. The van der Waals surface area contributed by atoms with E-state index in [1.807, 2.05) is 12.1 Å². The number of anilines is 1. The second kappa shape index (κ2) is 9.01. The van der Waals surface area contributed by atoms with Crippen molar-refractivity contribution in [3.8, 4) is 17.3 Å². The van der Waals surface area contributed by atoms with Gasteiger partial charge >= 0.3 is 12.1 Å². The minimum atomic E-state index is -4.81. The lowest BCUT2D eigenvalue weighted by molar-refractivity contribution is -0.274. The van der Waals surface area contributed by atoms with Gasteiger partial charge in [0.05, 0.1) is 23.9 Å². The summed E-state index contributed by atoms with van der Waals surface area (Å²) in [5.74, 6) is -0.743. The van der Waals surface area contributed by atoms with Gasteiger partial charge in [0, 0.05) is 30.4 Å². The Morgan fingerprint density at radius 3 is 2.40 bits per heavy atom. The minimum absolute atomic E-state index is 0.192. The molecule has 1 aliphatic heterocycles. The Balaban J connectivity index is 1.45. The van der Waals surface area contributed by atoms with Crippen LogP contribution in [0.5, 0.6) is 11.6 Å². The molecule has 5 rings (SSSR count). The standard InChI is InChI=1S/C25H23F3N4O3/c26-25(27,28)35-20-7-4-18(5-8-20)32-23(33)16-31(24(32)34)15-17-10-11-29-22-9-6-19(14-21(17)22)30-12-2-1-3-13-30/h4-11,14,16,33H,1-3,12-13,15H2. The van der Waals surface area contributed by atoms with Crippen LogP contribution < -0.4 is 15.3 Å². The van der Waals surface area contributed by atoms with Gasteiger partial charge < -0.3 is 14.7 Å². The van der Waals surface area contributed by atoms with E-state index in [2.05, 4.69) is 26.8 Å². The lowest BCUT2D eigenvalue weighted by Gasteiger charge is -2.29. The Labute approximate surface area is 198 Å². The summed E-state index contributed by atoms with van der Waals surface area (Å²) in [6, 6.07) is 12.7. The van der Waals surface area contributed by atoms with Crippen molar-refractivity contribution >= 4 is 16.6 Å². The van der Waals surface area contributed by atoms with E-state index in [9.17, 15) is 23.1 Å². The van der Waals surface area contributed by atoms with Gasteiger partial charge in [0.1, 0.15) is 5.75 Å². The van der Waals surface area contributed by atoms with E-state index in [4.69, 9.17) is 0 Å². The number of pyridine rings is 1. The molecule has 0 unspecified atom stereocenters. The van der Waals surface area contributed by atoms with E-state index in [1.54, 1.807) is 6.20 Å². The number of alkyl halides is 3. The summed E-state index contributed by atoms with van der Waals surface area (Å²) in [5, 5.41) is 11.4. The maximum Gasteiger partial charge on any atom is 0.573 e. The van der Waals surface area contributed by atoms with Crippen LogP contribution in [0, 0.1) is 0 Å². The van der Waals surface area contributed by atoms with E-state index < -0.39 is 17.8 Å². The molecule has 0 radical (unpaired) electrons. The summed E-state index contributed by atoms with van der Waals surface area (Å²) in [7, 11) is 0. The number of hydrogen-bond acceptors (Lipinski definition) is 5. The third kappa shape index (κ3) is 4.82. The van der Waals surface area contributed by atoms with Crippen LogP contribution in [0.3, 0.4) is 0 Å². The lowest BCUT2D eigenvalue weighted by atomic mass is 10.1. The number of halogens is 3. The van der Waals surface area contributed by atoms with Gasteiger partial charge in [0.25, 0.3) is 0 Å². The van der Waals surface area contributed by atoms with Crippen LogP contribution in [0.1, 0.15) is 24.8 Å². The Kier molecular flexibility index (Phi) is 5.88.